The second-order valence-electron chi connectivity index (χ2n) is 4.17. The van der Waals surface area contributed by atoms with Crippen LogP contribution in [0, 0.1) is 0 Å². The molecule has 1 atom stereocenters. The highest BCUT2D eigenvalue weighted by Gasteiger charge is 2.26. The van der Waals surface area contributed by atoms with Crippen molar-refractivity contribution in [2.75, 3.05) is 0 Å². The van der Waals surface area contributed by atoms with Gasteiger partial charge in [0.2, 0.25) is 0 Å². The summed E-state index contributed by atoms with van der Waals surface area (Å²) in [6.07, 6.45) is 9.54. The minimum absolute atomic E-state index is 0.450. The average Bonchev–Trinajstić information content (AvgIpc) is 2.53. The van der Waals surface area contributed by atoms with Crippen LogP contribution < -0.4 is 11.1 Å². The molecular formula is C10H19N3. The Morgan fingerprint density at radius 2 is 2.00 bits per heavy atom. The van der Waals surface area contributed by atoms with Crippen LogP contribution in [0.1, 0.15) is 32.6 Å². The number of hydrogen-bond acceptors (Lipinski definition) is 3. The quantitative estimate of drug-likeness (QED) is 0.633. The first kappa shape index (κ1) is 8.88. The van der Waals surface area contributed by atoms with Gasteiger partial charge in [0.25, 0.3) is 0 Å². The van der Waals surface area contributed by atoms with Crippen LogP contribution in [0.25, 0.3) is 0 Å². The van der Waals surface area contributed by atoms with E-state index in [1.807, 2.05) is 6.20 Å². The van der Waals surface area contributed by atoms with Gasteiger partial charge in [0, 0.05) is 24.5 Å². The van der Waals surface area contributed by atoms with Crippen LogP contribution in [-0.2, 0) is 0 Å². The van der Waals surface area contributed by atoms with E-state index in [0.717, 1.165) is 0 Å². The van der Waals surface area contributed by atoms with E-state index in [9.17, 15) is 0 Å². The largest absolute Gasteiger partial charge is 0.370 e. The lowest BCUT2D eigenvalue weighted by molar-refractivity contribution is 0.169. The van der Waals surface area contributed by atoms with Crippen molar-refractivity contribution < 1.29 is 0 Å². The van der Waals surface area contributed by atoms with Gasteiger partial charge < -0.3 is 16.0 Å². The Kier molecular flexibility index (Phi) is 2.44. The van der Waals surface area contributed by atoms with Gasteiger partial charge in [-0.15, -0.1) is 0 Å². The molecule has 0 saturated heterocycles. The third kappa shape index (κ3) is 1.80. The zero-order valence-corrected chi connectivity index (χ0v) is 8.24. The molecule has 74 valence electrons. The molecule has 2 rings (SSSR count). The van der Waals surface area contributed by atoms with Gasteiger partial charge in [-0.2, -0.15) is 0 Å². The van der Waals surface area contributed by atoms with Crippen LogP contribution in [0.5, 0.6) is 0 Å². The van der Waals surface area contributed by atoms with Crippen LogP contribution in [-0.4, -0.2) is 23.1 Å². The summed E-state index contributed by atoms with van der Waals surface area (Å²) < 4.78 is 0. The Hall–Kier alpha value is -0.700. The lowest BCUT2D eigenvalue weighted by Crippen LogP contribution is -2.43. The second-order valence-corrected chi connectivity index (χ2v) is 4.17. The average molecular weight is 181 g/mol. The first-order chi connectivity index (χ1) is 6.27. The summed E-state index contributed by atoms with van der Waals surface area (Å²) in [4.78, 5) is 2.42. The van der Waals surface area contributed by atoms with E-state index in [2.05, 4.69) is 23.3 Å². The van der Waals surface area contributed by atoms with E-state index in [1.54, 1.807) is 0 Å². The lowest BCUT2D eigenvalue weighted by atomic mass is 9.91. The molecule has 1 aliphatic heterocycles. The van der Waals surface area contributed by atoms with E-state index < -0.39 is 0 Å². The van der Waals surface area contributed by atoms with Gasteiger partial charge in [-0.05, 0) is 32.6 Å². The van der Waals surface area contributed by atoms with Crippen molar-refractivity contribution >= 4 is 0 Å². The number of nitrogens with two attached hydrogens (primary N) is 1. The molecule has 0 aromatic rings. The van der Waals surface area contributed by atoms with Gasteiger partial charge in [-0.1, -0.05) is 0 Å². The molecule has 0 aromatic carbocycles. The fourth-order valence-corrected chi connectivity index (χ4v) is 2.32. The molecule has 1 aliphatic carbocycles. The Labute approximate surface area is 80.0 Å². The summed E-state index contributed by atoms with van der Waals surface area (Å²) in [7, 11) is 0. The van der Waals surface area contributed by atoms with E-state index >= 15 is 0 Å². The molecule has 0 radical (unpaired) electrons. The van der Waals surface area contributed by atoms with Gasteiger partial charge in [-0.3, -0.25) is 0 Å². The van der Waals surface area contributed by atoms with Crippen molar-refractivity contribution in [3.8, 4) is 0 Å². The Morgan fingerprint density at radius 3 is 2.54 bits per heavy atom. The van der Waals surface area contributed by atoms with Crippen LogP contribution in [0.3, 0.4) is 0 Å². The van der Waals surface area contributed by atoms with E-state index in [1.165, 1.54) is 25.7 Å². The highest BCUT2D eigenvalue weighted by molar-refractivity contribution is 4.97. The molecule has 3 heteroatoms. The van der Waals surface area contributed by atoms with Crippen molar-refractivity contribution in [1.82, 2.24) is 10.2 Å². The summed E-state index contributed by atoms with van der Waals surface area (Å²) >= 11 is 0. The first-order valence-corrected chi connectivity index (χ1v) is 5.23. The van der Waals surface area contributed by atoms with E-state index in [4.69, 9.17) is 5.73 Å². The smallest absolute Gasteiger partial charge is 0.0955 e. The number of nitrogens with zero attached hydrogens (tertiary/aromatic N) is 1. The minimum Gasteiger partial charge on any atom is -0.370 e. The molecular weight excluding hydrogens is 162 g/mol. The van der Waals surface area contributed by atoms with Gasteiger partial charge in [-0.25, -0.2) is 0 Å². The molecule has 1 fully saturated rings. The summed E-state index contributed by atoms with van der Waals surface area (Å²) in [5.41, 5.74) is 5.88. The molecule has 0 aromatic heterocycles. The summed E-state index contributed by atoms with van der Waals surface area (Å²) in [6, 6.07) is 1.16. The predicted octanol–water partition coefficient (Wildman–Crippen LogP) is 0.979. The zero-order valence-electron chi connectivity index (χ0n) is 8.24. The summed E-state index contributed by atoms with van der Waals surface area (Å²) in [5, 5.41) is 3.29. The van der Waals surface area contributed by atoms with Crippen molar-refractivity contribution in [3.05, 3.63) is 12.4 Å². The molecule has 1 heterocycles. The molecule has 13 heavy (non-hydrogen) atoms. The predicted molar refractivity (Wildman–Crippen MR) is 53.8 cm³/mol. The number of hydrogen-bond donors (Lipinski definition) is 2. The molecule has 0 bridgehead atoms. The summed E-state index contributed by atoms with van der Waals surface area (Å²) in [5.74, 6) is 0. The Bertz CT molecular complexity index is 194. The third-order valence-electron chi connectivity index (χ3n) is 3.19. The maximum absolute atomic E-state index is 5.88. The van der Waals surface area contributed by atoms with Crippen molar-refractivity contribution in [1.29, 1.82) is 0 Å². The van der Waals surface area contributed by atoms with E-state index in [0.29, 0.717) is 18.2 Å². The molecule has 3 N–H and O–H groups in total. The molecule has 2 aliphatic rings. The van der Waals surface area contributed by atoms with E-state index in [-0.39, 0.29) is 0 Å². The fraction of sp³-hybridized carbons (Fsp3) is 0.800. The van der Waals surface area contributed by atoms with Crippen molar-refractivity contribution in [2.45, 2.75) is 50.9 Å². The van der Waals surface area contributed by atoms with Gasteiger partial charge in [0.1, 0.15) is 0 Å². The van der Waals surface area contributed by atoms with Gasteiger partial charge in [0.05, 0.1) is 6.17 Å². The molecule has 1 unspecified atom stereocenters. The van der Waals surface area contributed by atoms with Gasteiger partial charge >= 0.3 is 0 Å². The van der Waals surface area contributed by atoms with Crippen molar-refractivity contribution in [3.63, 3.8) is 0 Å². The highest BCUT2D eigenvalue weighted by atomic mass is 15.3. The SMILES string of the molecule is CC1NC=CN1C1CCC(N)CC1. The maximum Gasteiger partial charge on any atom is 0.0955 e. The normalized spacial score (nSPS) is 39.2. The first-order valence-electron chi connectivity index (χ1n) is 5.23. The fourth-order valence-electron chi connectivity index (χ4n) is 2.32. The highest BCUT2D eigenvalue weighted by Crippen LogP contribution is 2.24. The third-order valence-corrected chi connectivity index (χ3v) is 3.19. The topological polar surface area (TPSA) is 41.3 Å². The summed E-state index contributed by atoms with van der Waals surface area (Å²) in [6.45, 7) is 2.20. The number of rotatable bonds is 1. The standard InChI is InChI=1S/C10H19N3/c1-8-12-6-7-13(8)10-4-2-9(11)3-5-10/h6-10,12H,2-5,11H2,1H3. The van der Waals surface area contributed by atoms with Crippen LogP contribution in [0.4, 0.5) is 0 Å². The molecule has 1 saturated carbocycles. The number of nitrogens with one attached hydrogen (secondary N) is 1. The van der Waals surface area contributed by atoms with Crippen molar-refractivity contribution in [2.24, 2.45) is 5.73 Å². The lowest BCUT2D eigenvalue weighted by Gasteiger charge is -2.36. The molecule has 0 amide bonds. The minimum atomic E-state index is 0.450. The van der Waals surface area contributed by atoms with Crippen LogP contribution in [0.15, 0.2) is 12.4 Å². The molecule has 0 spiro atoms. The van der Waals surface area contributed by atoms with Crippen LogP contribution in [0.2, 0.25) is 0 Å². The monoisotopic (exact) mass is 181 g/mol. The Morgan fingerprint density at radius 1 is 1.31 bits per heavy atom. The zero-order chi connectivity index (χ0) is 9.26. The Balaban J connectivity index is 1.90. The molecule has 3 nitrogen and oxygen atoms in total. The maximum atomic E-state index is 5.88. The van der Waals surface area contributed by atoms with Gasteiger partial charge in [0.15, 0.2) is 0 Å². The van der Waals surface area contributed by atoms with Crippen LogP contribution >= 0.6 is 0 Å². The second kappa shape index (κ2) is 3.58.